The minimum absolute atomic E-state index is 0.206. The highest BCUT2D eigenvalue weighted by atomic mass is 16.7. The summed E-state index contributed by atoms with van der Waals surface area (Å²) in [4.78, 5) is 29.8. The molecule has 0 unspecified atom stereocenters. The Hall–Kier alpha value is -4.03. The molecule has 1 N–H and O–H groups in total. The van der Waals surface area contributed by atoms with Gasteiger partial charge in [-0.15, -0.1) is 5.10 Å². The molecule has 164 valence electrons. The van der Waals surface area contributed by atoms with E-state index in [0.29, 0.717) is 22.5 Å². The number of carboxylic acid groups (broad SMARTS) is 1. The largest absolute Gasteiger partial charge is 0.476 e. The summed E-state index contributed by atoms with van der Waals surface area (Å²) in [5, 5.41) is 27.1. The number of nitrogens with zero attached hydrogens (tertiary/aromatic N) is 5. The van der Waals surface area contributed by atoms with Gasteiger partial charge in [-0.05, 0) is 53.8 Å². The number of hydrogen-bond donors (Lipinski definition) is 1. The fraction of sp³-hybridized carbons (Fsp3) is 0.261. The summed E-state index contributed by atoms with van der Waals surface area (Å²) in [6, 6.07) is 12.3. The van der Waals surface area contributed by atoms with E-state index in [0.717, 1.165) is 16.2 Å². The Labute approximate surface area is 185 Å². The number of nitriles is 1. The summed E-state index contributed by atoms with van der Waals surface area (Å²) in [5.41, 5.74) is 2.85. The molecule has 0 spiro atoms. The molecule has 1 heterocycles. The van der Waals surface area contributed by atoms with Crippen LogP contribution in [0.2, 0.25) is 0 Å². The molecular weight excluding hydrogens is 410 g/mol. The minimum atomic E-state index is -1.20. The quantitative estimate of drug-likeness (QED) is 0.610. The lowest BCUT2D eigenvalue weighted by Gasteiger charge is -2.25. The molecule has 0 saturated heterocycles. The van der Waals surface area contributed by atoms with Crippen LogP contribution in [0.15, 0.2) is 42.6 Å². The van der Waals surface area contributed by atoms with Crippen molar-refractivity contribution in [3.05, 3.63) is 70.5 Å². The van der Waals surface area contributed by atoms with Gasteiger partial charge in [-0.25, -0.2) is 9.48 Å². The number of rotatable bonds is 5. The molecule has 0 saturated carbocycles. The van der Waals surface area contributed by atoms with Crippen LogP contribution in [0.1, 0.15) is 58.3 Å². The van der Waals surface area contributed by atoms with Crippen LogP contribution in [-0.4, -0.2) is 39.1 Å². The number of aromatic nitrogens is 3. The Bertz CT molecular complexity index is 1230. The van der Waals surface area contributed by atoms with E-state index in [4.69, 9.17) is 9.94 Å². The average molecular weight is 433 g/mol. The van der Waals surface area contributed by atoms with Crippen LogP contribution < -0.4 is 5.06 Å². The van der Waals surface area contributed by atoms with Gasteiger partial charge in [0.15, 0.2) is 5.69 Å². The summed E-state index contributed by atoms with van der Waals surface area (Å²) in [7, 11) is 1.37. The normalized spacial score (nSPS) is 11.1. The molecule has 0 atom stereocenters. The molecule has 32 heavy (non-hydrogen) atoms. The molecular formula is C23H23N5O4. The van der Waals surface area contributed by atoms with Gasteiger partial charge >= 0.3 is 5.97 Å². The van der Waals surface area contributed by atoms with Gasteiger partial charge in [0, 0.05) is 5.56 Å². The van der Waals surface area contributed by atoms with E-state index in [1.165, 1.54) is 18.0 Å². The lowest BCUT2D eigenvalue weighted by molar-refractivity contribution is 0.0689. The number of amides is 1. The summed E-state index contributed by atoms with van der Waals surface area (Å²) in [6.45, 7) is 7.86. The van der Waals surface area contributed by atoms with E-state index in [-0.39, 0.29) is 11.1 Å². The number of hydrogen-bond acceptors (Lipinski definition) is 6. The van der Waals surface area contributed by atoms with Crippen molar-refractivity contribution in [2.24, 2.45) is 0 Å². The molecule has 1 amide bonds. The number of carboxylic acids is 1. The lowest BCUT2D eigenvalue weighted by atomic mass is 9.86. The molecule has 1 aromatic heterocycles. The van der Waals surface area contributed by atoms with E-state index in [2.05, 4.69) is 16.4 Å². The third-order valence-electron chi connectivity index (χ3n) is 4.93. The number of carbonyl (C=O) groups is 2. The molecule has 0 aliphatic rings. The van der Waals surface area contributed by atoms with E-state index in [1.54, 1.807) is 30.3 Å². The number of anilines is 1. The summed E-state index contributed by atoms with van der Waals surface area (Å²) in [5.74, 6) is -1.65. The Morgan fingerprint density at radius 2 is 1.91 bits per heavy atom. The van der Waals surface area contributed by atoms with Crippen LogP contribution in [-0.2, 0) is 10.3 Å². The van der Waals surface area contributed by atoms with Gasteiger partial charge in [0.25, 0.3) is 5.91 Å². The number of aryl methyl sites for hydroxylation is 1. The first-order valence-corrected chi connectivity index (χ1v) is 9.76. The maximum Gasteiger partial charge on any atom is 0.358 e. The second kappa shape index (κ2) is 8.61. The van der Waals surface area contributed by atoms with Gasteiger partial charge in [-0.1, -0.05) is 32.1 Å². The van der Waals surface area contributed by atoms with Crippen molar-refractivity contribution >= 4 is 17.6 Å². The molecule has 9 nitrogen and oxygen atoms in total. The molecule has 0 aliphatic carbocycles. The summed E-state index contributed by atoms with van der Waals surface area (Å²) in [6.07, 6.45) is 1.28. The predicted octanol–water partition coefficient (Wildman–Crippen LogP) is 3.65. The van der Waals surface area contributed by atoms with Gasteiger partial charge < -0.3 is 5.11 Å². The zero-order valence-corrected chi connectivity index (χ0v) is 18.4. The number of aromatic carboxylic acids is 1. The summed E-state index contributed by atoms with van der Waals surface area (Å²) >= 11 is 0. The summed E-state index contributed by atoms with van der Waals surface area (Å²) < 4.78 is 1.31. The van der Waals surface area contributed by atoms with Crippen LogP contribution in [0, 0.1) is 18.3 Å². The van der Waals surface area contributed by atoms with Crippen molar-refractivity contribution in [1.82, 2.24) is 15.0 Å². The Balaban J connectivity index is 2.04. The second-order valence-electron chi connectivity index (χ2n) is 8.27. The van der Waals surface area contributed by atoms with E-state index < -0.39 is 11.9 Å². The molecule has 3 rings (SSSR count). The Morgan fingerprint density at radius 3 is 2.47 bits per heavy atom. The van der Waals surface area contributed by atoms with Crippen LogP contribution in [0.5, 0.6) is 0 Å². The highest BCUT2D eigenvalue weighted by molar-refractivity contribution is 6.05. The number of benzene rings is 2. The lowest BCUT2D eigenvalue weighted by Crippen LogP contribution is -2.30. The number of hydroxylamine groups is 1. The van der Waals surface area contributed by atoms with Gasteiger partial charge in [0.2, 0.25) is 0 Å². The van der Waals surface area contributed by atoms with E-state index >= 15 is 0 Å². The molecule has 0 fully saturated rings. The van der Waals surface area contributed by atoms with Crippen molar-refractivity contribution in [2.45, 2.75) is 33.1 Å². The zero-order valence-electron chi connectivity index (χ0n) is 18.4. The van der Waals surface area contributed by atoms with Gasteiger partial charge in [0.05, 0.1) is 36.3 Å². The first kappa shape index (κ1) is 22.7. The predicted molar refractivity (Wildman–Crippen MR) is 117 cm³/mol. The maximum atomic E-state index is 13.3. The second-order valence-corrected chi connectivity index (χ2v) is 8.27. The highest BCUT2D eigenvalue weighted by Crippen LogP contribution is 2.29. The fourth-order valence-corrected chi connectivity index (χ4v) is 3.12. The van der Waals surface area contributed by atoms with Crippen LogP contribution in [0.25, 0.3) is 5.69 Å². The van der Waals surface area contributed by atoms with Crippen molar-refractivity contribution in [3.8, 4) is 11.8 Å². The topological polar surface area (TPSA) is 121 Å². The van der Waals surface area contributed by atoms with Gasteiger partial charge in [-0.3, -0.25) is 9.63 Å². The van der Waals surface area contributed by atoms with Crippen molar-refractivity contribution < 1.29 is 19.5 Å². The van der Waals surface area contributed by atoms with Gasteiger partial charge in [-0.2, -0.15) is 10.3 Å². The third-order valence-corrected chi connectivity index (χ3v) is 4.93. The van der Waals surface area contributed by atoms with Crippen molar-refractivity contribution in [2.75, 3.05) is 12.2 Å². The zero-order chi connectivity index (χ0) is 23.6. The molecule has 9 heteroatoms. The maximum absolute atomic E-state index is 13.3. The first-order chi connectivity index (χ1) is 15.0. The SMILES string of the molecule is CON(C(=O)c1ccc(C)c(-n2cc(C(=O)O)nn2)c1)c1cc(C#N)cc(C(C)(C)C)c1. The smallest absolute Gasteiger partial charge is 0.358 e. The first-order valence-electron chi connectivity index (χ1n) is 9.76. The Kier molecular flexibility index (Phi) is 6.09. The molecule has 0 radical (unpaired) electrons. The Morgan fingerprint density at radius 1 is 1.19 bits per heavy atom. The minimum Gasteiger partial charge on any atom is -0.476 e. The molecule has 0 bridgehead atoms. The fourth-order valence-electron chi connectivity index (χ4n) is 3.12. The van der Waals surface area contributed by atoms with E-state index in [9.17, 15) is 14.9 Å². The van der Waals surface area contributed by atoms with Gasteiger partial charge in [0.1, 0.15) is 0 Å². The monoisotopic (exact) mass is 433 g/mol. The van der Waals surface area contributed by atoms with Crippen LogP contribution in [0.3, 0.4) is 0 Å². The molecule has 3 aromatic rings. The standard InChI is InChI=1S/C23H23N5O4/c1-14-6-7-16(10-20(14)27-13-19(22(30)31)25-26-27)21(29)28(32-5)18-9-15(12-24)8-17(11-18)23(2,3)4/h6-11,13H,1-5H3,(H,30,31). The number of carbonyl (C=O) groups excluding carboxylic acids is 1. The third kappa shape index (κ3) is 4.50. The van der Waals surface area contributed by atoms with Crippen LogP contribution in [0.4, 0.5) is 5.69 Å². The molecule has 2 aromatic carbocycles. The highest BCUT2D eigenvalue weighted by Gasteiger charge is 2.23. The van der Waals surface area contributed by atoms with Crippen molar-refractivity contribution in [1.29, 1.82) is 5.26 Å². The van der Waals surface area contributed by atoms with E-state index in [1.807, 2.05) is 33.8 Å². The average Bonchev–Trinajstić information content (AvgIpc) is 3.24. The van der Waals surface area contributed by atoms with Crippen molar-refractivity contribution in [3.63, 3.8) is 0 Å². The molecule has 0 aliphatic heterocycles. The van der Waals surface area contributed by atoms with Crippen LogP contribution >= 0.6 is 0 Å².